The van der Waals surface area contributed by atoms with Crippen LogP contribution in [0.15, 0.2) is 23.2 Å². The summed E-state index contributed by atoms with van der Waals surface area (Å²) in [6.07, 6.45) is 0. The van der Waals surface area contributed by atoms with E-state index in [1.165, 1.54) is 6.07 Å². The molecule has 2 rings (SSSR count). The van der Waals surface area contributed by atoms with Crippen LogP contribution in [0.3, 0.4) is 0 Å². The van der Waals surface area contributed by atoms with Crippen molar-refractivity contribution in [3.63, 3.8) is 0 Å². The van der Waals surface area contributed by atoms with Gasteiger partial charge in [-0.15, -0.1) is 0 Å². The summed E-state index contributed by atoms with van der Waals surface area (Å²) in [5, 5.41) is 2.37. The van der Waals surface area contributed by atoms with Gasteiger partial charge in [-0.25, -0.2) is 9.38 Å². The van der Waals surface area contributed by atoms with Crippen LogP contribution in [0.4, 0.5) is 4.39 Å². The Kier molecular flexibility index (Phi) is 2.15. The van der Waals surface area contributed by atoms with Crippen molar-refractivity contribution >= 4 is 11.9 Å². The van der Waals surface area contributed by atoms with Crippen molar-refractivity contribution in [2.75, 3.05) is 0 Å². The van der Waals surface area contributed by atoms with E-state index in [1.54, 1.807) is 19.1 Å². The molecule has 3 N–H and O–H groups in total. The Morgan fingerprint density at radius 3 is 2.80 bits per heavy atom. The van der Waals surface area contributed by atoms with Crippen molar-refractivity contribution in [2.45, 2.75) is 13.0 Å². The Morgan fingerprint density at radius 1 is 1.53 bits per heavy atom. The van der Waals surface area contributed by atoms with Crippen LogP contribution in [0.1, 0.15) is 17.2 Å². The van der Waals surface area contributed by atoms with Gasteiger partial charge in [-0.2, -0.15) is 0 Å². The number of carbonyl (C=O) groups is 1. The molecule has 0 aromatic heterocycles. The molecule has 1 unspecified atom stereocenters. The van der Waals surface area contributed by atoms with Crippen molar-refractivity contribution in [3.8, 4) is 0 Å². The maximum absolute atomic E-state index is 13.2. The predicted octanol–water partition coefficient (Wildman–Crippen LogP) is 0.620. The molecule has 0 spiro atoms. The van der Waals surface area contributed by atoms with Gasteiger partial charge in [0.05, 0.1) is 0 Å². The summed E-state index contributed by atoms with van der Waals surface area (Å²) >= 11 is 0. The fourth-order valence-electron chi connectivity index (χ4n) is 1.43. The lowest BCUT2D eigenvalue weighted by Crippen LogP contribution is -2.31. The molecule has 0 saturated heterocycles. The predicted molar refractivity (Wildman–Crippen MR) is 53.6 cm³/mol. The van der Waals surface area contributed by atoms with Crippen LogP contribution in [0.5, 0.6) is 0 Å². The second-order valence-corrected chi connectivity index (χ2v) is 3.41. The average molecular weight is 207 g/mol. The van der Waals surface area contributed by atoms with Crippen molar-refractivity contribution in [3.05, 3.63) is 35.1 Å². The zero-order chi connectivity index (χ0) is 11.0. The molecule has 4 nitrogen and oxygen atoms in total. The first-order valence-corrected chi connectivity index (χ1v) is 4.48. The van der Waals surface area contributed by atoms with Gasteiger partial charge in [-0.05, 0) is 24.1 Å². The molecule has 0 bridgehead atoms. The van der Waals surface area contributed by atoms with E-state index in [-0.39, 0.29) is 17.7 Å². The Hall–Kier alpha value is -1.91. The van der Waals surface area contributed by atoms with E-state index in [9.17, 15) is 9.18 Å². The average Bonchev–Trinajstić information content (AvgIpc) is 2.50. The molecule has 1 aliphatic rings. The molecule has 1 aromatic carbocycles. The number of carbonyl (C=O) groups excluding carboxylic acids is 1. The minimum absolute atomic E-state index is 0.0750. The topological polar surface area (TPSA) is 67.5 Å². The number of nitrogens with two attached hydrogens (primary N) is 1. The molecular formula is C10H10FN3O. The highest BCUT2D eigenvalue weighted by molar-refractivity contribution is 6.04. The van der Waals surface area contributed by atoms with Gasteiger partial charge in [0.15, 0.2) is 12.0 Å². The number of benzene rings is 1. The maximum Gasteiger partial charge on any atom is 0.256 e. The number of nitrogens with one attached hydrogen (secondary N) is 1. The van der Waals surface area contributed by atoms with Gasteiger partial charge in [0, 0.05) is 0 Å². The molecule has 5 heteroatoms. The number of aliphatic imine (C=N–C) groups is 1. The molecule has 0 aliphatic carbocycles. The van der Waals surface area contributed by atoms with Crippen LogP contribution >= 0.6 is 0 Å². The van der Waals surface area contributed by atoms with Crippen LogP contribution in [0.25, 0.3) is 0 Å². The highest BCUT2D eigenvalue weighted by atomic mass is 19.1. The first-order valence-electron chi connectivity index (χ1n) is 4.48. The number of nitrogens with zero attached hydrogens (tertiary/aromatic N) is 1. The minimum Gasteiger partial charge on any atom is -0.370 e. The quantitative estimate of drug-likeness (QED) is 0.708. The van der Waals surface area contributed by atoms with E-state index < -0.39 is 6.04 Å². The normalized spacial score (nSPS) is 20.0. The Morgan fingerprint density at radius 2 is 2.27 bits per heavy atom. The third-order valence-corrected chi connectivity index (χ3v) is 2.28. The van der Waals surface area contributed by atoms with Gasteiger partial charge in [-0.3, -0.25) is 10.1 Å². The molecule has 1 atom stereocenters. The lowest BCUT2D eigenvalue weighted by Gasteiger charge is -2.05. The summed E-state index contributed by atoms with van der Waals surface area (Å²) in [5.74, 6) is -0.595. The Labute approximate surface area is 86.0 Å². The van der Waals surface area contributed by atoms with Crippen LogP contribution in [0, 0.1) is 12.7 Å². The molecule has 1 amide bonds. The van der Waals surface area contributed by atoms with Crippen molar-refractivity contribution in [1.29, 1.82) is 0 Å². The summed E-state index contributed by atoms with van der Waals surface area (Å²) in [5.41, 5.74) is 6.39. The SMILES string of the molecule is Cc1ccc(C2N=C(N)NC2=O)cc1F. The summed E-state index contributed by atoms with van der Waals surface area (Å²) in [4.78, 5) is 15.2. The lowest BCUT2D eigenvalue weighted by atomic mass is 10.1. The highest BCUT2D eigenvalue weighted by Gasteiger charge is 2.26. The summed E-state index contributed by atoms with van der Waals surface area (Å²) in [7, 11) is 0. The van der Waals surface area contributed by atoms with Crippen LogP contribution in [0.2, 0.25) is 0 Å². The fraction of sp³-hybridized carbons (Fsp3) is 0.200. The van der Waals surface area contributed by atoms with Crippen molar-refractivity contribution in [2.24, 2.45) is 10.7 Å². The van der Waals surface area contributed by atoms with E-state index in [4.69, 9.17) is 5.73 Å². The second kappa shape index (κ2) is 3.34. The Balaban J connectivity index is 2.38. The smallest absolute Gasteiger partial charge is 0.256 e. The lowest BCUT2D eigenvalue weighted by molar-refractivity contribution is -0.120. The third-order valence-electron chi connectivity index (χ3n) is 2.28. The zero-order valence-electron chi connectivity index (χ0n) is 8.12. The number of hydrogen-bond donors (Lipinski definition) is 2. The fourth-order valence-corrected chi connectivity index (χ4v) is 1.43. The first kappa shape index (κ1) is 9.64. The molecule has 1 aromatic rings. The van der Waals surface area contributed by atoms with Crippen molar-refractivity contribution in [1.82, 2.24) is 5.32 Å². The van der Waals surface area contributed by atoms with Crippen LogP contribution < -0.4 is 11.1 Å². The number of halogens is 1. The van der Waals surface area contributed by atoms with Crippen LogP contribution in [-0.4, -0.2) is 11.9 Å². The zero-order valence-corrected chi connectivity index (χ0v) is 8.12. The maximum atomic E-state index is 13.2. The molecule has 0 fully saturated rings. The third kappa shape index (κ3) is 1.68. The van der Waals surface area contributed by atoms with Gasteiger partial charge in [0.2, 0.25) is 0 Å². The molecule has 1 aliphatic heterocycles. The molecule has 0 radical (unpaired) electrons. The van der Waals surface area contributed by atoms with E-state index >= 15 is 0 Å². The Bertz CT molecular complexity index is 456. The number of rotatable bonds is 1. The number of guanidine groups is 1. The molecule has 15 heavy (non-hydrogen) atoms. The highest BCUT2D eigenvalue weighted by Crippen LogP contribution is 2.22. The minimum atomic E-state index is -0.722. The van der Waals surface area contributed by atoms with Crippen molar-refractivity contribution < 1.29 is 9.18 Å². The largest absolute Gasteiger partial charge is 0.370 e. The summed E-state index contributed by atoms with van der Waals surface area (Å²) < 4.78 is 13.2. The summed E-state index contributed by atoms with van der Waals surface area (Å²) in [6.45, 7) is 1.66. The number of hydrogen-bond acceptors (Lipinski definition) is 3. The number of aryl methyl sites for hydroxylation is 1. The van der Waals surface area contributed by atoms with Crippen LogP contribution in [-0.2, 0) is 4.79 Å². The van der Waals surface area contributed by atoms with E-state index in [1.807, 2.05) is 0 Å². The van der Waals surface area contributed by atoms with Gasteiger partial charge in [-0.1, -0.05) is 12.1 Å². The molecule has 0 saturated carbocycles. The number of amides is 1. The molecule has 1 heterocycles. The summed E-state index contributed by atoms with van der Waals surface area (Å²) in [6, 6.07) is 3.87. The van der Waals surface area contributed by atoms with Gasteiger partial charge in [0.25, 0.3) is 5.91 Å². The van der Waals surface area contributed by atoms with E-state index in [0.717, 1.165) is 0 Å². The standard InChI is InChI=1S/C10H10FN3O/c1-5-2-3-6(4-7(5)11)8-9(15)14-10(12)13-8/h2-4,8H,1H3,(H3,12,13,14,15). The first-order chi connectivity index (χ1) is 7.08. The molecular weight excluding hydrogens is 197 g/mol. The van der Waals surface area contributed by atoms with Gasteiger partial charge in [0.1, 0.15) is 5.82 Å². The second-order valence-electron chi connectivity index (χ2n) is 3.41. The van der Waals surface area contributed by atoms with E-state index in [0.29, 0.717) is 11.1 Å². The van der Waals surface area contributed by atoms with Gasteiger partial charge >= 0.3 is 0 Å². The molecule has 78 valence electrons. The monoisotopic (exact) mass is 207 g/mol. The van der Waals surface area contributed by atoms with E-state index in [2.05, 4.69) is 10.3 Å². The van der Waals surface area contributed by atoms with Gasteiger partial charge < -0.3 is 5.73 Å².